The van der Waals surface area contributed by atoms with Crippen LogP contribution < -0.4 is 0 Å². The summed E-state index contributed by atoms with van der Waals surface area (Å²) in [5.41, 5.74) is 10.0. The van der Waals surface area contributed by atoms with E-state index in [1.165, 1.54) is 98.4 Å². The van der Waals surface area contributed by atoms with Gasteiger partial charge in [-0.15, -0.1) is 0 Å². The second-order valence-corrected chi connectivity index (χ2v) is 13.2. The zero-order valence-electron chi connectivity index (χ0n) is 27.5. The third-order valence-corrected chi connectivity index (χ3v) is 10.4. The molecule has 0 saturated carbocycles. The molecular weight excluding hydrogens is 601 g/mol. The SMILES string of the molecule is c1ccc(-c2ccc(-c3cccc(-c4c5ccccc5c(-c5cc6ccccc6c6ccccc56)c5ccccc45)c3)c3ccccc23)cc1. The van der Waals surface area contributed by atoms with E-state index in [1.54, 1.807) is 0 Å². The molecule has 10 rings (SSSR count). The lowest BCUT2D eigenvalue weighted by molar-refractivity contribution is 1.62. The van der Waals surface area contributed by atoms with Gasteiger partial charge in [-0.2, -0.15) is 0 Å². The van der Waals surface area contributed by atoms with Crippen LogP contribution in [0.4, 0.5) is 0 Å². The molecule has 232 valence electrons. The molecule has 0 aliphatic rings. The lowest BCUT2D eigenvalue weighted by atomic mass is 9.83. The highest BCUT2D eigenvalue weighted by atomic mass is 14.2. The Kier molecular flexibility index (Phi) is 6.60. The third-order valence-electron chi connectivity index (χ3n) is 10.4. The summed E-state index contributed by atoms with van der Waals surface area (Å²) in [6.07, 6.45) is 0. The number of hydrogen-bond donors (Lipinski definition) is 0. The predicted octanol–water partition coefficient (Wildman–Crippen LogP) is 14.1. The first kappa shape index (κ1) is 28.5. The molecule has 0 nitrogen and oxygen atoms in total. The topological polar surface area (TPSA) is 0 Å². The Hall–Kier alpha value is -6.50. The molecule has 0 aliphatic carbocycles. The first-order valence-electron chi connectivity index (χ1n) is 17.4. The van der Waals surface area contributed by atoms with Crippen molar-refractivity contribution in [3.05, 3.63) is 194 Å². The minimum atomic E-state index is 1.22. The molecule has 10 aromatic rings. The van der Waals surface area contributed by atoms with Crippen LogP contribution in [0.3, 0.4) is 0 Å². The van der Waals surface area contributed by atoms with E-state index in [0.717, 1.165) is 0 Å². The molecular formula is C50H32. The van der Waals surface area contributed by atoms with Gasteiger partial charge in [-0.25, -0.2) is 0 Å². The van der Waals surface area contributed by atoms with E-state index in [0.29, 0.717) is 0 Å². The standard InChI is InChI=1S/C50H32/c1-2-15-33(16-3-1)38-29-30-39(42-23-7-6-22-41(38)42)34-18-14-19-36(31-34)49-44-25-10-12-27-46(44)50(47-28-13-11-26-45(47)49)48-32-35-17-4-5-20-37(35)40-21-8-9-24-43(40)48/h1-32H. The Labute approximate surface area is 291 Å². The second-order valence-electron chi connectivity index (χ2n) is 13.2. The molecule has 10 aromatic carbocycles. The van der Waals surface area contributed by atoms with Crippen LogP contribution in [0.2, 0.25) is 0 Å². The highest BCUT2D eigenvalue weighted by molar-refractivity contribution is 6.25. The Morgan fingerprint density at radius 3 is 1.24 bits per heavy atom. The fraction of sp³-hybridized carbons (Fsp3) is 0. The molecule has 0 unspecified atom stereocenters. The Balaban J connectivity index is 1.23. The molecule has 0 heteroatoms. The van der Waals surface area contributed by atoms with E-state index in [-0.39, 0.29) is 0 Å². The van der Waals surface area contributed by atoms with Crippen molar-refractivity contribution in [3.63, 3.8) is 0 Å². The van der Waals surface area contributed by atoms with E-state index >= 15 is 0 Å². The van der Waals surface area contributed by atoms with Gasteiger partial charge in [0.05, 0.1) is 0 Å². The molecule has 0 fully saturated rings. The fourth-order valence-corrected chi connectivity index (χ4v) is 8.25. The molecule has 0 heterocycles. The van der Waals surface area contributed by atoms with E-state index < -0.39 is 0 Å². The molecule has 0 bridgehead atoms. The van der Waals surface area contributed by atoms with Gasteiger partial charge in [0.1, 0.15) is 0 Å². The van der Waals surface area contributed by atoms with Gasteiger partial charge in [-0.1, -0.05) is 182 Å². The van der Waals surface area contributed by atoms with Crippen LogP contribution in [0.15, 0.2) is 194 Å². The summed E-state index contributed by atoms with van der Waals surface area (Å²) in [7, 11) is 0. The molecule has 0 aromatic heterocycles. The highest BCUT2D eigenvalue weighted by Gasteiger charge is 2.19. The summed E-state index contributed by atoms with van der Waals surface area (Å²) < 4.78 is 0. The van der Waals surface area contributed by atoms with Crippen molar-refractivity contribution in [1.82, 2.24) is 0 Å². The molecule has 50 heavy (non-hydrogen) atoms. The van der Waals surface area contributed by atoms with Gasteiger partial charge in [-0.3, -0.25) is 0 Å². The number of rotatable bonds is 4. The maximum Gasteiger partial charge on any atom is -0.00199 e. The third kappa shape index (κ3) is 4.46. The van der Waals surface area contributed by atoms with Crippen molar-refractivity contribution in [1.29, 1.82) is 0 Å². The van der Waals surface area contributed by atoms with Crippen LogP contribution in [-0.4, -0.2) is 0 Å². The monoisotopic (exact) mass is 632 g/mol. The van der Waals surface area contributed by atoms with Crippen molar-refractivity contribution in [3.8, 4) is 44.5 Å². The largest absolute Gasteiger partial charge is 0.0622 e. The average molecular weight is 633 g/mol. The second kappa shape index (κ2) is 11.6. The normalized spacial score (nSPS) is 11.6. The molecule has 0 aliphatic heterocycles. The summed E-state index contributed by atoms with van der Waals surface area (Å²) in [5.74, 6) is 0. The van der Waals surface area contributed by atoms with Gasteiger partial charge < -0.3 is 0 Å². The van der Waals surface area contributed by atoms with Crippen LogP contribution in [-0.2, 0) is 0 Å². The first-order valence-corrected chi connectivity index (χ1v) is 17.4. The Morgan fingerprint density at radius 2 is 0.620 bits per heavy atom. The van der Waals surface area contributed by atoms with Gasteiger partial charge >= 0.3 is 0 Å². The van der Waals surface area contributed by atoms with Crippen LogP contribution in [0.5, 0.6) is 0 Å². The maximum absolute atomic E-state index is 2.40. The van der Waals surface area contributed by atoms with E-state index in [2.05, 4.69) is 194 Å². The molecule has 0 spiro atoms. The van der Waals surface area contributed by atoms with Crippen molar-refractivity contribution in [2.24, 2.45) is 0 Å². The minimum absolute atomic E-state index is 1.22. The summed E-state index contributed by atoms with van der Waals surface area (Å²) >= 11 is 0. The summed E-state index contributed by atoms with van der Waals surface area (Å²) in [6.45, 7) is 0. The van der Waals surface area contributed by atoms with Gasteiger partial charge in [-0.05, 0) is 111 Å². The quantitative estimate of drug-likeness (QED) is 0.134. The predicted molar refractivity (Wildman–Crippen MR) is 216 cm³/mol. The number of benzene rings is 10. The van der Waals surface area contributed by atoms with Crippen molar-refractivity contribution >= 4 is 53.9 Å². The van der Waals surface area contributed by atoms with Crippen LogP contribution in [0, 0.1) is 0 Å². The van der Waals surface area contributed by atoms with E-state index in [4.69, 9.17) is 0 Å². The molecule has 0 saturated heterocycles. The Bertz CT molecular complexity index is 2860. The minimum Gasteiger partial charge on any atom is -0.0622 e. The molecule has 0 atom stereocenters. The highest BCUT2D eigenvalue weighted by Crippen LogP contribution is 2.47. The number of hydrogen-bond acceptors (Lipinski definition) is 0. The van der Waals surface area contributed by atoms with Gasteiger partial charge in [0.25, 0.3) is 0 Å². The van der Waals surface area contributed by atoms with Crippen LogP contribution >= 0.6 is 0 Å². The number of fused-ring (bicyclic) bond motifs is 6. The lowest BCUT2D eigenvalue weighted by Crippen LogP contribution is -1.92. The van der Waals surface area contributed by atoms with Crippen LogP contribution in [0.25, 0.3) is 98.4 Å². The first-order chi connectivity index (χ1) is 24.8. The Morgan fingerprint density at radius 1 is 0.200 bits per heavy atom. The van der Waals surface area contributed by atoms with Crippen molar-refractivity contribution in [2.45, 2.75) is 0 Å². The smallest absolute Gasteiger partial charge is 0.00199 e. The van der Waals surface area contributed by atoms with E-state index in [9.17, 15) is 0 Å². The molecule has 0 N–H and O–H groups in total. The lowest BCUT2D eigenvalue weighted by Gasteiger charge is -2.20. The van der Waals surface area contributed by atoms with Gasteiger partial charge in [0.2, 0.25) is 0 Å². The van der Waals surface area contributed by atoms with Crippen LogP contribution in [0.1, 0.15) is 0 Å². The van der Waals surface area contributed by atoms with E-state index in [1.807, 2.05) is 0 Å². The van der Waals surface area contributed by atoms with Gasteiger partial charge in [0.15, 0.2) is 0 Å². The van der Waals surface area contributed by atoms with Crippen molar-refractivity contribution in [2.75, 3.05) is 0 Å². The van der Waals surface area contributed by atoms with Crippen molar-refractivity contribution < 1.29 is 0 Å². The molecule has 0 amide bonds. The fourth-order valence-electron chi connectivity index (χ4n) is 8.25. The molecule has 0 radical (unpaired) electrons. The maximum atomic E-state index is 2.40. The summed E-state index contributed by atoms with van der Waals surface area (Å²) in [6, 6.07) is 71.3. The average Bonchev–Trinajstić information content (AvgIpc) is 3.19. The zero-order valence-corrected chi connectivity index (χ0v) is 27.5. The van der Waals surface area contributed by atoms with Gasteiger partial charge in [0, 0.05) is 0 Å². The summed E-state index contributed by atoms with van der Waals surface area (Å²) in [5, 5.41) is 12.7. The summed E-state index contributed by atoms with van der Waals surface area (Å²) in [4.78, 5) is 0. The zero-order chi connectivity index (χ0) is 33.0.